The fourth-order valence-electron chi connectivity index (χ4n) is 1.52. The van der Waals surface area contributed by atoms with Crippen molar-refractivity contribution in [1.82, 2.24) is 9.97 Å². The van der Waals surface area contributed by atoms with E-state index in [-0.39, 0.29) is 21.2 Å². The van der Waals surface area contributed by atoms with Crippen LogP contribution in [0.25, 0.3) is 0 Å². The van der Waals surface area contributed by atoms with Gasteiger partial charge < -0.3 is 5.11 Å². The number of hydrogen-bond donors (Lipinski definition) is 1. The first kappa shape index (κ1) is 14.4. The molecule has 7 heteroatoms. The van der Waals surface area contributed by atoms with E-state index in [9.17, 15) is 13.6 Å². The molecule has 0 aliphatic carbocycles. The Morgan fingerprint density at radius 3 is 2.75 bits per heavy atom. The van der Waals surface area contributed by atoms with Gasteiger partial charge in [0.25, 0.3) is 0 Å². The number of rotatable bonds is 4. The molecule has 0 aliphatic heterocycles. The summed E-state index contributed by atoms with van der Waals surface area (Å²) in [5.41, 5.74) is 0.163. The quantitative estimate of drug-likeness (QED) is 0.878. The monoisotopic (exact) mass is 296 g/mol. The zero-order chi connectivity index (χ0) is 14.7. The van der Waals surface area contributed by atoms with E-state index in [2.05, 4.69) is 9.97 Å². The number of aromatic nitrogens is 2. The lowest BCUT2D eigenvalue weighted by atomic mass is 10.2. The van der Waals surface area contributed by atoms with Gasteiger partial charge in [-0.2, -0.15) is 0 Å². The van der Waals surface area contributed by atoms with Crippen LogP contribution in [0.15, 0.2) is 34.4 Å². The number of hydrogen-bond acceptors (Lipinski definition) is 4. The summed E-state index contributed by atoms with van der Waals surface area (Å²) in [6.07, 6.45) is 1.59. The Morgan fingerprint density at radius 1 is 1.35 bits per heavy atom. The van der Waals surface area contributed by atoms with Gasteiger partial charge >= 0.3 is 5.97 Å². The van der Waals surface area contributed by atoms with Crippen molar-refractivity contribution in [1.29, 1.82) is 0 Å². The molecule has 20 heavy (non-hydrogen) atoms. The number of aromatic carboxylic acids is 1. The largest absolute Gasteiger partial charge is 0.478 e. The molecule has 4 nitrogen and oxygen atoms in total. The molecule has 104 valence electrons. The molecule has 0 aliphatic rings. The fraction of sp³-hybridized carbons (Fsp3) is 0.154. The topological polar surface area (TPSA) is 63.1 Å². The van der Waals surface area contributed by atoms with Gasteiger partial charge in [0, 0.05) is 0 Å². The Hall–Kier alpha value is -2.02. The van der Waals surface area contributed by atoms with Crippen molar-refractivity contribution in [2.45, 2.75) is 23.3 Å². The molecule has 0 unspecified atom stereocenters. The maximum absolute atomic E-state index is 14.0. The zero-order valence-electron chi connectivity index (χ0n) is 10.4. The second kappa shape index (κ2) is 5.96. The normalized spacial score (nSPS) is 10.6. The number of nitrogens with zero attached hydrogens (tertiary/aromatic N) is 2. The summed E-state index contributed by atoms with van der Waals surface area (Å²) in [4.78, 5) is 18.4. The number of benzene rings is 1. The number of carboxylic acid groups (broad SMARTS) is 1. The van der Waals surface area contributed by atoms with Gasteiger partial charge in [-0.15, -0.1) is 0 Å². The van der Waals surface area contributed by atoms with Crippen molar-refractivity contribution in [3.05, 3.63) is 47.4 Å². The summed E-state index contributed by atoms with van der Waals surface area (Å²) in [6.45, 7) is 1.74. The van der Waals surface area contributed by atoms with Gasteiger partial charge in [0.15, 0.2) is 5.82 Å². The average Bonchev–Trinajstić information content (AvgIpc) is 2.43. The molecule has 1 aromatic heterocycles. The third-order valence-corrected chi connectivity index (χ3v) is 3.56. The van der Waals surface area contributed by atoms with Crippen molar-refractivity contribution in [3.63, 3.8) is 0 Å². The van der Waals surface area contributed by atoms with E-state index in [1.54, 1.807) is 6.92 Å². The van der Waals surface area contributed by atoms with Gasteiger partial charge in [0.1, 0.15) is 17.2 Å². The van der Waals surface area contributed by atoms with Gasteiger partial charge in [0.05, 0.1) is 16.2 Å². The van der Waals surface area contributed by atoms with Crippen molar-refractivity contribution in [2.24, 2.45) is 0 Å². The maximum atomic E-state index is 14.0. The minimum absolute atomic E-state index is 0.00422. The molecule has 0 bridgehead atoms. The van der Waals surface area contributed by atoms with Crippen LogP contribution in [0.5, 0.6) is 0 Å². The Kier molecular flexibility index (Phi) is 4.29. The molecule has 0 spiro atoms. The van der Waals surface area contributed by atoms with Crippen LogP contribution in [-0.2, 0) is 6.42 Å². The first-order valence-electron chi connectivity index (χ1n) is 5.73. The minimum Gasteiger partial charge on any atom is -0.478 e. The molecule has 0 atom stereocenters. The van der Waals surface area contributed by atoms with Crippen LogP contribution in [0, 0.1) is 11.6 Å². The molecule has 1 heterocycles. The summed E-state index contributed by atoms with van der Waals surface area (Å²) in [6, 6.07) is 3.33. The summed E-state index contributed by atoms with van der Waals surface area (Å²) in [5.74, 6) is -2.42. The highest BCUT2D eigenvalue weighted by Crippen LogP contribution is 2.31. The Balaban J connectivity index is 2.39. The van der Waals surface area contributed by atoms with Crippen LogP contribution in [-0.4, -0.2) is 21.0 Å². The number of carbonyl (C=O) groups is 1. The summed E-state index contributed by atoms with van der Waals surface area (Å²) in [5, 5.41) is 8.84. The SMILES string of the molecule is CCc1ncnc(Sc2cc(C(=O)O)ccc2F)c1F. The lowest BCUT2D eigenvalue weighted by molar-refractivity contribution is 0.0696. The molecule has 2 aromatic rings. The van der Waals surface area contributed by atoms with E-state index in [1.807, 2.05) is 0 Å². The molecule has 0 radical (unpaired) electrons. The second-order valence-electron chi connectivity index (χ2n) is 3.85. The van der Waals surface area contributed by atoms with E-state index in [1.165, 1.54) is 6.33 Å². The highest BCUT2D eigenvalue weighted by Gasteiger charge is 2.15. The molecule has 0 saturated heterocycles. The number of carboxylic acids is 1. The molecular formula is C13H10F2N2O2S. The average molecular weight is 296 g/mol. The standard InChI is InChI=1S/C13H10F2N2O2S/c1-2-9-11(15)12(17-6-16-9)20-10-5-7(13(18)19)3-4-8(10)14/h3-6H,2H2,1H3,(H,18,19). The molecule has 1 aromatic carbocycles. The maximum Gasteiger partial charge on any atom is 0.335 e. The summed E-state index contributed by atoms with van der Waals surface area (Å²) in [7, 11) is 0. The molecule has 0 amide bonds. The van der Waals surface area contributed by atoms with Gasteiger partial charge in [-0.1, -0.05) is 18.7 Å². The van der Waals surface area contributed by atoms with Crippen LogP contribution >= 0.6 is 11.8 Å². The third-order valence-electron chi connectivity index (χ3n) is 2.55. The summed E-state index contributed by atoms with van der Waals surface area (Å²) < 4.78 is 27.6. The Labute approximate surface area is 117 Å². The van der Waals surface area contributed by atoms with Crippen molar-refractivity contribution in [2.75, 3.05) is 0 Å². The van der Waals surface area contributed by atoms with Crippen LogP contribution < -0.4 is 0 Å². The lowest BCUT2D eigenvalue weighted by Gasteiger charge is -2.06. The number of halogens is 2. The lowest BCUT2D eigenvalue weighted by Crippen LogP contribution is -1.99. The van der Waals surface area contributed by atoms with E-state index >= 15 is 0 Å². The smallest absolute Gasteiger partial charge is 0.335 e. The predicted octanol–water partition coefficient (Wildman–Crippen LogP) is 3.17. The molecule has 0 fully saturated rings. The van der Waals surface area contributed by atoms with Gasteiger partial charge in [0.2, 0.25) is 0 Å². The Bertz CT molecular complexity index is 665. The zero-order valence-corrected chi connectivity index (χ0v) is 11.2. The fourth-order valence-corrected chi connectivity index (χ4v) is 2.39. The minimum atomic E-state index is -1.18. The molecular weight excluding hydrogens is 286 g/mol. The van der Waals surface area contributed by atoms with Crippen LogP contribution in [0.3, 0.4) is 0 Å². The van der Waals surface area contributed by atoms with E-state index in [0.29, 0.717) is 6.42 Å². The first-order chi connectivity index (χ1) is 9.52. The van der Waals surface area contributed by atoms with Gasteiger partial charge in [-0.3, -0.25) is 0 Å². The Morgan fingerprint density at radius 2 is 2.10 bits per heavy atom. The van der Waals surface area contributed by atoms with Crippen LogP contribution in [0.2, 0.25) is 0 Å². The van der Waals surface area contributed by atoms with Crippen LogP contribution in [0.4, 0.5) is 8.78 Å². The van der Waals surface area contributed by atoms with Crippen molar-refractivity contribution >= 4 is 17.7 Å². The predicted molar refractivity (Wildman–Crippen MR) is 68.9 cm³/mol. The van der Waals surface area contributed by atoms with E-state index in [4.69, 9.17) is 5.11 Å². The number of aryl methyl sites for hydroxylation is 1. The highest BCUT2D eigenvalue weighted by atomic mass is 32.2. The van der Waals surface area contributed by atoms with E-state index in [0.717, 1.165) is 30.0 Å². The molecule has 0 saturated carbocycles. The third kappa shape index (κ3) is 2.93. The molecule has 2 rings (SSSR count). The van der Waals surface area contributed by atoms with Crippen LogP contribution in [0.1, 0.15) is 23.0 Å². The molecule has 1 N–H and O–H groups in total. The highest BCUT2D eigenvalue weighted by molar-refractivity contribution is 7.99. The van der Waals surface area contributed by atoms with Crippen molar-refractivity contribution < 1.29 is 18.7 Å². The van der Waals surface area contributed by atoms with Gasteiger partial charge in [-0.25, -0.2) is 23.5 Å². The van der Waals surface area contributed by atoms with Gasteiger partial charge in [-0.05, 0) is 24.6 Å². The second-order valence-corrected chi connectivity index (χ2v) is 4.88. The summed E-state index contributed by atoms with van der Waals surface area (Å²) >= 11 is 0.737. The van der Waals surface area contributed by atoms with E-state index < -0.39 is 17.6 Å². The first-order valence-corrected chi connectivity index (χ1v) is 6.54. The van der Waals surface area contributed by atoms with Crippen molar-refractivity contribution in [3.8, 4) is 0 Å².